The molecule has 2 fully saturated rings. The summed E-state index contributed by atoms with van der Waals surface area (Å²) in [6, 6.07) is 7.71. The van der Waals surface area contributed by atoms with Crippen LogP contribution in [0.3, 0.4) is 0 Å². The van der Waals surface area contributed by atoms with Gasteiger partial charge in [-0.3, -0.25) is 9.59 Å². The summed E-state index contributed by atoms with van der Waals surface area (Å²) in [4.78, 5) is 26.7. The number of likely N-dealkylation sites (tertiary alicyclic amines) is 1. The molecule has 0 unspecified atom stereocenters. The Morgan fingerprint density at radius 3 is 2.67 bits per heavy atom. The van der Waals surface area contributed by atoms with Gasteiger partial charge in [-0.25, -0.2) is 0 Å². The molecule has 1 aromatic rings. The maximum absolute atomic E-state index is 13.2. The summed E-state index contributed by atoms with van der Waals surface area (Å²) in [5.74, 6) is 1.34. The maximum Gasteiger partial charge on any atom is 0.245 e. The van der Waals surface area contributed by atoms with E-state index in [1.807, 2.05) is 36.9 Å². The zero-order chi connectivity index (χ0) is 21.6. The number of rotatable bonds is 3. The van der Waals surface area contributed by atoms with Crippen LogP contribution in [0.15, 0.2) is 24.3 Å². The number of benzene rings is 1. The number of nitrogens with zero attached hydrogens (tertiary/aromatic N) is 1. The zero-order valence-corrected chi connectivity index (χ0v) is 18.7. The lowest BCUT2D eigenvalue weighted by atomic mass is 9.70. The zero-order valence-electron chi connectivity index (χ0n) is 18.7. The minimum absolute atomic E-state index is 0.0188. The summed E-state index contributed by atoms with van der Waals surface area (Å²) in [5.41, 5.74) is 0.816. The fourth-order valence-corrected chi connectivity index (χ4v) is 5.38. The Balaban J connectivity index is 1.51. The van der Waals surface area contributed by atoms with E-state index in [1.54, 1.807) is 0 Å². The molecular weight excluding hydrogens is 380 g/mol. The van der Waals surface area contributed by atoms with Crippen LogP contribution in [0.2, 0.25) is 0 Å². The van der Waals surface area contributed by atoms with E-state index in [-0.39, 0.29) is 47.4 Å². The van der Waals surface area contributed by atoms with Crippen LogP contribution in [0.25, 0.3) is 0 Å². The molecule has 0 radical (unpaired) electrons. The Morgan fingerprint density at radius 1 is 1.23 bits per heavy atom. The molecule has 0 saturated carbocycles. The third kappa shape index (κ3) is 3.82. The van der Waals surface area contributed by atoms with Gasteiger partial charge >= 0.3 is 0 Å². The molecule has 4 rings (SSSR count). The number of carbonyl (C=O) groups is 2. The van der Waals surface area contributed by atoms with Gasteiger partial charge in [-0.1, -0.05) is 32.0 Å². The van der Waals surface area contributed by atoms with Gasteiger partial charge in [0.2, 0.25) is 11.8 Å². The van der Waals surface area contributed by atoms with Crippen LogP contribution in [-0.4, -0.2) is 47.6 Å². The van der Waals surface area contributed by atoms with Crippen molar-refractivity contribution in [2.45, 2.75) is 71.3 Å². The number of carbonyl (C=O) groups excluding carboxylic acids is 2. The highest BCUT2D eigenvalue weighted by molar-refractivity contribution is 5.87. The second kappa shape index (κ2) is 7.88. The number of para-hydroxylation sites is 1. The lowest BCUT2D eigenvalue weighted by Crippen LogP contribution is -2.58. The predicted octanol–water partition coefficient (Wildman–Crippen LogP) is 3.31. The highest BCUT2D eigenvalue weighted by Crippen LogP contribution is 2.52. The molecule has 3 aliphatic rings. The van der Waals surface area contributed by atoms with Crippen molar-refractivity contribution in [1.29, 1.82) is 0 Å². The summed E-state index contributed by atoms with van der Waals surface area (Å²) < 4.78 is 13.0. The molecule has 0 spiro atoms. The second-order valence-corrected chi connectivity index (χ2v) is 9.94. The first-order valence-electron chi connectivity index (χ1n) is 11.2. The van der Waals surface area contributed by atoms with Crippen molar-refractivity contribution in [1.82, 2.24) is 10.2 Å². The van der Waals surface area contributed by atoms with Crippen molar-refractivity contribution >= 4 is 11.8 Å². The van der Waals surface area contributed by atoms with Gasteiger partial charge in [-0.15, -0.1) is 0 Å². The summed E-state index contributed by atoms with van der Waals surface area (Å²) in [6.45, 7) is 11.0. The number of amides is 2. The number of fused-ring (bicyclic) bond motifs is 4. The molecule has 30 heavy (non-hydrogen) atoms. The summed E-state index contributed by atoms with van der Waals surface area (Å²) >= 11 is 0. The van der Waals surface area contributed by atoms with Gasteiger partial charge in [0.15, 0.2) is 0 Å². The third-order valence-electron chi connectivity index (χ3n) is 7.00. The van der Waals surface area contributed by atoms with Gasteiger partial charge in [-0.2, -0.15) is 0 Å². The number of ether oxygens (including phenoxy) is 2. The Hall–Kier alpha value is -2.08. The van der Waals surface area contributed by atoms with E-state index in [1.165, 1.54) is 6.92 Å². The summed E-state index contributed by atoms with van der Waals surface area (Å²) in [7, 11) is 0. The molecule has 0 bridgehead atoms. The molecule has 0 aliphatic carbocycles. The number of hydrogen-bond acceptors (Lipinski definition) is 4. The van der Waals surface area contributed by atoms with Crippen LogP contribution in [0, 0.1) is 17.8 Å². The quantitative estimate of drug-likeness (QED) is 0.824. The molecule has 1 aromatic carbocycles. The highest BCUT2D eigenvalue weighted by atomic mass is 16.5. The minimum Gasteiger partial charge on any atom is -0.487 e. The predicted molar refractivity (Wildman–Crippen MR) is 114 cm³/mol. The highest BCUT2D eigenvalue weighted by Gasteiger charge is 2.51. The Morgan fingerprint density at radius 2 is 1.97 bits per heavy atom. The second-order valence-electron chi connectivity index (χ2n) is 9.94. The van der Waals surface area contributed by atoms with Crippen molar-refractivity contribution < 1.29 is 19.1 Å². The summed E-state index contributed by atoms with van der Waals surface area (Å²) in [5, 5.41) is 2.84. The van der Waals surface area contributed by atoms with Crippen molar-refractivity contribution in [2.24, 2.45) is 17.8 Å². The van der Waals surface area contributed by atoms with Gasteiger partial charge in [0, 0.05) is 37.4 Å². The number of piperidine rings is 1. The van der Waals surface area contributed by atoms with Crippen LogP contribution in [0.5, 0.6) is 5.75 Å². The molecule has 3 aliphatic heterocycles. The van der Waals surface area contributed by atoms with Crippen molar-refractivity contribution in [3.8, 4) is 5.75 Å². The van der Waals surface area contributed by atoms with Gasteiger partial charge in [-0.05, 0) is 38.7 Å². The molecular formula is C24H34N2O4. The first kappa shape index (κ1) is 21.2. The average molecular weight is 415 g/mol. The SMILES string of the molecule is CC(=O)N[C@@H](C(=O)N1CC[C@H]2O[C@H]3c4ccccc4OC(C)(C)[C@@H]3C[C@H]2C1)C(C)C. The van der Waals surface area contributed by atoms with Gasteiger partial charge < -0.3 is 19.7 Å². The van der Waals surface area contributed by atoms with Crippen LogP contribution in [0.1, 0.15) is 59.1 Å². The molecule has 2 amide bonds. The molecule has 1 N–H and O–H groups in total. The van der Waals surface area contributed by atoms with E-state index < -0.39 is 6.04 Å². The van der Waals surface area contributed by atoms with Gasteiger partial charge in [0.05, 0.1) is 12.2 Å². The minimum atomic E-state index is -0.474. The van der Waals surface area contributed by atoms with E-state index in [9.17, 15) is 9.59 Å². The number of nitrogens with one attached hydrogen (secondary N) is 1. The van der Waals surface area contributed by atoms with Crippen LogP contribution < -0.4 is 10.1 Å². The van der Waals surface area contributed by atoms with Crippen molar-refractivity contribution in [3.63, 3.8) is 0 Å². The van der Waals surface area contributed by atoms with E-state index in [0.29, 0.717) is 13.1 Å². The lowest BCUT2D eigenvalue weighted by molar-refractivity contribution is -0.189. The first-order chi connectivity index (χ1) is 14.2. The van der Waals surface area contributed by atoms with Crippen LogP contribution in [-0.2, 0) is 14.3 Å². The Bertz CT molecular complexity index is 821. The fourth-order valence-electron chi connectivity index (χ4n) is 5.38. The van der Waals surface area contributed by atoms with Crippen LogP contribution in [0.4, 0.5) is 0 Å². The first-order valence-corrected chi connectivity index (χ1v) is 11.2. The normalized spacial score (nSPS) is 30.4. The topological polar surface area (TPSA) is 67.9 Å². The smallest absolute Gasteiger partial charge is 0.245 e. The summed E-state index contributed by atoms with van der Waals surface area (Å²) in [6.07, 6.45) is 1.98. The molecule has 164 valence electrons. The van der Waals surface area contributed by atoms with Crippen molar-refractivity contribution in [2.75, 3.05) is 13.1 Å². The van der Waals surface area contributed by atoms with Gasteiger partial charge in [0.1, 0.15) is 17.4 Å². The van der Waals surface area contributed by atoms with Crippen molar-refractivity contribution in [3.05, 3.63) is 29.8 Å². The Kier molecular flexibility index (Phi) is 5.56. The molecule has 6 nitrogen and oxygen atoms in total. The average Bonchev–Trinajstić information content (AvgIpc) is 2.69. The fraction of sp³-hybridized carbons (Fsp3) is 0.667. The standard InChI is InChI=1S/C24H34N2O4/c1-14(2)21(25-15(3)27)23(28)26-11-10-19-16(13-26)12-18-22(29-19)17-8-6-7-9-20(17)30-24(18,4)5/h6-9,14,16,18-19,21-22H,10-13H2,1-5H3,(H,25,27)/t16-,18+,19+,21+,22-/m0/s1. The van der Waals surface area contributed by atoms with Gasteiger partial charge in [0.25, 0.3) is 0 Å². The van der Waals surface area contributed by atoms with E-state index in [2.05, 4.69) is 25.2 Å². The Labute approximate surface area is 179 Å². The monoisotopic (exact) mass is 414 g/mol. The number of hydrogen-bond donors (Lipinski definition) is 1. The van der Waals surface area contributed by atoms with Crippen LogP contribution >= 0.6 is 0 Å². The largest absolute Gasteiger partial charge is 0.487 e. The van der Waals surface area contributed by atoms with E-state index in [0.717, 1.165) is 24.2 Å². The lowest BCUT2D eigenvalue weighted by Gasteiger charge is -2.53. The molecule has 3 heterocycles. The maximum atomic E-state index is 13.2. The molecule has 0 aromatic heterocycles. The van der Waals surface area contributed by atoms with E-state index >= 15 is 0 Å². The molecule has 6 heteroatoms. The third-order valence-corrected chi connectivity index (χ3v) is 7.00. The molecule has 5 atom stereocenters. The van der Waals surface area contributed by atoms with E-state index in [4.69, 9.17) is 9.47 Å². The molecule has 2 saturated heterocycles.